The normalized spacial score (nSPS) is 11.9. The van der Waals surface area contributed by atoms with Crippen molar-refractivity contribution < 1.29 is 28.0 Å². The van der Waals surface area contributed by atoms with Crippen molar-refractivity contribution in [3.8, 4) is 0 Å². The summed E-state index contributed by atoms with van der Waals surface area (Å²) in [7, 11) is 4.22. The molecule has 2 aromatic carbocycles. The number of likely N-dealkylation sites (N-methyl/N-ethyl adjacent to an activating group) is 1. The average Bonchev–Trinajstić information content (AvgIpc) is 2.72. The van der Waals surface area contributed by atoms with Crippen molar-refractivity contribution in [1.82, 2.24) is 5.32 Å². The third-order valence-electron chi connectivity index (χ3n) is 3.91. The molecule has 0 aliphatic rings. The molecule has 0 radical (unpaired) electrons. The smallest absolute Gasteiger partial charge is 0.273 e. The summed E-state index contributed by atoms with van der Waals surface area (Å²) in [4.78, 5) is 22.4. The maximum Gasteiger partial charge on any atom is 0.273 e. The lowest BCUT2D eigenvalue weighted by molar-refractivity contribution is -0.114. The molecule has 0 aliphatic heterocycles. The lowest BCUT2D eigenvalue weighted by Gasteiger charge is -2.13. The molecule has 1 N–H and O–H groups in total. The molecule has 160 valence electrons. The van der Waals surface area contributed by atoms with Crippen LogP contribution in [0.2, 0.25) is 0 Å². The molecular weight excluding hydrogens is 464 g/mol. The Morgan fingerprint density at radius 2 is 1.90 bits per heavy atom. The maximum absolute atomic E-state index is 14.1. The quantitative estimate of drug-likeness (QED) is 0.437. The number of benzene rings is 2. The fourth-order valence-electron chi connectivity index (χ4n) is 2.54. The Morgan fingerprint density at radius 3 is 2.53 bits per heavy atom. The largest absolute Gasteiger partial charge is 0.398 e. The van der Waals surface area contributed by atoms with Crippen LogP contribution in [-0.2, 0) is 25.8 Å². The zero-order valence-electron chi connectivity index (χ0n) is 16.5. The summed E-state index contributed by atoms with van der Waals surface area (Å²) in [6.07, 6.45) is 0. The van der Waals surface area contributed by atoms with E-state index in [9.17, 15) is 13.6 Å². The average molecular weight is 484 g/mol. The molecule has 0 atom stereocenters. The van der Waals surface area contributed by atoms with Crippen LogP contribution in [0, 0.1) is 11.6 Å². The highest BCUT2D eigenvalue weighted by Crippen LogP contribution is 2.23. The lowest BCUT2D eigenvalue weighted by atomic mass is 10.0. The summed E-state index contributed by atoms with van der Waals surface area (Å²) >= 11 is 3.42. The van der Waals surface area contributed by atoms with Crippen LogP contribution in [0.1, 0.15) is 16.7 Å². The Morgan fingerprint density at radius 1 is 1.13 bits per heavy atom. The van der Waals surface area contributed by atoms with Crippen molar-refractivity contribution in [2.45, 2.75) is 6.61 Å². The molecule has 2 rings (SSSR count). The molecule has 30 heavy (non-hydrogen) atoms. The number of rotatable bonds is 9. The van der Waals surface area contributed by atoms with E-state index in [4.69, 9.17) is 14.4 Å². The van der Waals surface area contributed by atoms with Gasteiger partial charge in [-0.05, 0) is 18.2 Å². The summed E-state index contributed by atoms with van der Waals surface area (Å²) in [5.74, 6) is -1.94. The van der Waals surface area contributed by atoms with Crippen molar-refractivity contribution in [2.24, 2.45) is 10.3 Å². The Hall–Kier alpha value is -2.85. The fraction of sp³-hybridized carbons (Fsp3) is 0.250. The first-order valence-electron chi connectivity index (χ1n) is 8.67. The molecule has 0 aliphatic carbocycles. The number of carbonyl (C=O) groups excluding carboxylic acids is 1. The highest BCUT2D eigenvalue weighted by Gasteiger charge is 2.20. The third kappa shape index (κ3) is 5.83. The predicted molar refractivity (Wildman–Crippen MR) is 111 cm³/mol. The van der Waals surface area contributed by atoms with Crippen molar-refractivity contribution >= 4 is 33.3 Å². The van der Waals surface area contributed by atoms with Gasteiger partial charge >= 0.3 is 0 Å². The Kier molecular flexibility index (Phi) is 8.88. The Balaban J connectivity index is 2.35. The number of amides is 1. The highest BCUT2D eigenvalue weighted by atomic mass is 79.9. The Labute approximate surface area is 180 Å². The van der Waals surface area contributed by atoms with E-state index in [1.54, 1.807) is 18.2 Å². The molecule has 0 saturated carbocycles. The second kappa shape index (κ2) is 11.4. The van der Waals surface area contributed by atoms with Gasteiger partial charge in [-0.25, -0.2) is 8.78 Å². The standard InChI is InChI=1S/C20H20BrF2N3O4/c1-24-20(27)19(26-29-3)13-5-4-6-16(21)15(13)10-30-25-18(11-28-2)14-8-7-12(22)9-17(14)23/h4-9H,10-11H2,1-3H3,(H,24,27)/b25-18-,26-19-. The minimum Gasteiger partial charge on any atom is -0.398 e. The van der Waals surface area contributed by atoms with Gasteiger partial charge in [0, 0.05) is 41.4 Å². The second-order valence-corrected chi connectivity index (χ2v) is 6.69. The Bertz CT molecular complexity index is 967. The van der Waals surface area contributed by atoms with Crippen LogP contribution < -0.4 is 5.32 Å². The van der Waals surface area contributed by atoms with E-state index in [-0.39, 0.29) is 30.2 Å². The fourth-order valence-corrected chi connectivity index (χ4v) is 3.02. The van der Waals surface area contributed by atoms with Crippen LogP contribution in [0.15, 0.2) is 51.2 Å². The summed E-state index contributed by atoms with van der Waals surface area (Å²) in [5.41, 5.74) is 1.27. The van der Waals surface area contributed by atoms with Crippen LogP contribution in [0.4, 0.5) is 8.78 Å². The van der Waals surface area contributed by atoms with Gasteiger partial charge in [0.25, 0.3) is 5.91 Å². The van der Waals surface area contributed by atoms with Crippen molar-refractivity contribution in [2.75, 3.05) is 27.9 Å². The number of methoxy groups -OCH3 is 1. The predicted octanol–water partition coefficient (Wildman–Crippen LogP) is 3.39. The minimum atomic E-state index is -0.787. The van der Waals surface area contributed by atoms with E-state index in [1.165, 1.54) is 27.3 Å². The molecule has 7 nitrogen and oxygen atoms in total. The number of hydrogen-bond donors (Lipinski definition) is 1. The van der Waals surface area contributed by atoms with Crippen molar-refractivity contribution in [1.29, 1.82) is 0 Å². The van der Waals surface area contributed by atoms with Crippen LogP contribution in [0.25, 0.3) is 0 Å². The zero-order valence-corrected chi connectivity index (χ0v) is 18.1. The lowest BCUT2D eigenvalue weighted by Crippen LogP contribution is -2.29. The molecule has 2 aromatic rings. The minimum absolute atomic E-state index is 0.0468. The monoisotopic (exact) mass is 483 g/mol. The van der Waals surface area contributed by atoms with Crippen LogP contribution in [0.3, 0.4) is 0 Å². The number of nitrogens with zero attached hydrogens (tertiary/aromatic N) is 2. The molecule has 0 saturated heterocycles. The maximum atomic E-state index is 14.1. The topological polar surface area (TPSA) is 81.5 Å². The van der Waals surface area contributed by atoms with Gasteiger partial charge in [0.1, 0.15) is 31.1 Å². The number of nitrogens with one attached hydrogen (secondary N) is 1. The number of oxime groups is 2. The summed E-state index contributed by atoms with van der Waals surface area (Å²) in [6, 6.07) is 8.29. The van der Waals surface area contributed by atoms with Gasteiger partial charge in [0.15, 0.2) is 5.71 Å². The van der Waals surface area contributed by atoms with Crippen LogP contribution in [-0.4, -0.2) is 45.2 Å². The molecule has 1 amide bonds. The van der Waals surface area contributed by atoms with Gasteiger partial charge in [-0.3, -0.25) is 4.79 Å². The first-order chi connectivity index (χ1) is 14.4. The zero-order chi connectivity index (χ0) is 22.1. The number of hydrogen-bond acceptors (Lipinski definition) is 6. The number of halogens is 3. The van der Waals surface area contributed by atoms with E-state index in [0.29, 0.717) is 15.6 Å². The third-order valence-corrected chi connectivity index (χ3v) is 4.65. The first kappa shape index (κ1) is 23.4. The van der Waals surface area contributed by atoms with Gasteiger partial charge in [-0.15, -0.1) is 0 Å². The molecule has 10 heteroatoms. The van der Waals surface area contributed by atoms with Crippen LogP contribution in [0.5, 0.6) is 0 Å². The van der Waals surface area contributed by atoms with Gasteiger partial charge in [0.05, 0.1) is 6.61 Å². The number of ether oxygens (including phenoxy) is 1. The van der Waals surface area contributed by atoms with E-state index < -0.39 is 17.5 Å². The summed E-state index contributed by atoms with van der Waals surface area (Å²) in [6.45, 7) is -0.132. The molecule has 0 bridgehead atoms. The SMILES string of the molecule is CNC(=O)/C(=N\OC)c1cccc(Br)c1CO/N=C(/COC)c1ccc(F)cc1F. The summed E-state index contributed by atoms with van der Waals surface area (Å²) < 4.78 is 33.0. The van der Waals surface area contributed by atoms with Gasteiger partial charge in [-0.1, -0.05) is 38.4 Å². The molecule has 0 spiro atoms. The second-order valence-electron chi connectivity index (χ2n) is 5.84. The van der Waals surface area contributed by atoms with Gasteiger partial charge < -0.3 is 19.7 Å². The van der Waals surface area contributed by atoms with Gasteiger partial charge in [-0.2, -0.15) is 0 Å². The summed E-state index contributed by atoms with van der Waals surface area (Å²) in [5, 5.41) is 10.2. The van der Waals surface area contributed by atoms with Crippen molar-refractivity contribution in [3.63, 3.8) is 0 Å². The van der Waals surface area contributed by atoms with E-state index in [0.717, 1.165) is 12.1 Å². The van der Waals surface area contributed by atoms with E-state index >= 15 is 0 Å². The molecular formula is C20H20BrF2N3O4. The molecule has 0 fully saturated rings. The van der Waals surface area contributed by atoms with Gasteiger partial charge in [0.2, 0.25) is 0 Å². The van der Waals surface area contributed by atoms with Crippen LogP contribution >= 0.6 is 15.9 Å². The molecule has 0 heterocycles. The van der Waals surface area contributed by atoms with E-state index in [2.05, 4.69) is 31.6 Å². The highest BCUT2D eigenvalue weighted by molar-refractivity contribution is 9.10. The van der Waals surface area contributed by atoms with Crippen molar-refractivity contribution in [3.05, 3.63) is 69.2 Å². The van der Waals surface area contributed by atoms with E-state index in [1.807, 2.05) is 0 Å². The molecule has 0 aromatic heterocycles. The molecule has 0 unspecified atom stereocenters. The number of carbonyl (C=O) groups is 1. The first-order valence-corrected chi connectivity index (χ1v) is 9.46.